The van der Waals surface area contributed by atoms with Crippen LogP contribution in [0.25, 0.3) is 0 Å². The van der Waals surface area contributed by atoms with Gasteiger partial charge >= 0.3 is 5.97 Å². The summed E-state index contributed by atoms with van der Waals surface area (Å²) in [6.07, 6.45) is 6.24. The number of sulfonamides is 1. The maximum atomic E-state index is 13.5. The van der Waals surface area contributed by atoms with Crippen LogP contribution in [0.2, 0.25) is 0 Å². The molecule has 1 aromatic rings. The third-order valence-corrected chi connectivity index (χ3v) is 10.3. The zero-order valence-electron chi connectivity index (χ0n) is 22.9. The number of hydrogen-bond acceptors (Lipinski definition) is 7. The average molecular weight is 563 g/mol. The van der Waals surface area contributed by atoms with E-state index in [1.165, 1.54) is 10.5 Å². The average Bonchev–Trinajstić information content (AvgIpc) is 3.60. The Labute approximate surface area is 231 Å². The molecule has 0 aliphatic carbocycles. The van der Waals surface area contributed by atoms with Crippen LogP contribution in [0.5, 0.6) is 5.75 Å². The van der Waals surface area contributed by atoms with Crippen molar-refractivity contribution in [2.45, 2.75) is 63.8 Å². The number of carboxylic acid groups (broad SMARTS) is 1. The quantitative estimate of drug-likeness (QED) is 0.263. The van der Waals surface area contributed by atoms with Gasteiger partial charge in [-0.2, -0.15) is 0 Å². The summed E-state index contributed by atoms with van der Waals surface area (Å²) in [5.74, 6) is -1.07. The van der Waals surface area contributed by atoms with Gasteiger partial charge in [-0.1, -0.05) is 25.5 Å². The van der Waals surface area contributed by atoms with E-state index in [1.54, 1.807) is 0 Å². The second-order valence-electron chi connectivity index (χ2n) is 10.9. The molecule has 0 radical (unpaired) electrons. The molecule has 2 N–H and O–H groups in total. The predicted molar refractivity (Wildman–Crippen MR) is 149 cm³/mol. The zero-order valence-corrected chi connectivity index (χ0v) is 23.7. The monoisotopic (exact) mass is 562 g/mol. The van der Waals surface area contributed by atoms with E-state index in [2.05, 4.69) is 6.92 Å². The van der Waals surface area contributed by atoms with E-state index in [-0.39, 0.29) is 30.7 Å². The minimum Gasteiger partial charge on any atom is -0.493 e. The predicted octanol–water partition coefficient (Wildman–Crippen LogP) is 2.57. The first-order chi connectivity index (χ1) is 18.7. The van der Waals surface area contributed by atoms with Crippen molar-refractivity contribution in [3.63, 3.8) is 0 Å². The first-order valence-electron chi connectivity index (χ1n) is 14.2. The number of fused-ring (bicyclic) bond motifs is 1. The first-order valence-corrected chi connectivity index (χ1v) is 15.8. The molecule has 2 fully saturated rings. The summed E-state index contributed by atoms with van der Waals surface area (Å²) in [4.78, 5) is 30.1. The fourth-order valence-electron chi connectivity index (χ4n) is 6.21. The summed E-state index contributed by atoms with van der Waals surface area (Å²) in [7, 11) is -3.31. The van der Waals surface area contributed by atoms with Gasteiger partial charge in [-0.05, 0) is 55.5 Å². The number of carbonyl (C=O) groups excluding carboxylic acids is 1. The second kappa shape index (κ2) is 13.2. The molecule has 0 aromatic heterocycles. The Kier molecular flexibility index (Phi) is 10.0. The number of aliphatic carboxylic acids is 1. The molecule has 0 spiro atoms. The van der Waals surface area contributed by atoms with E-state index in [0.717, 1.165) is 36.1 Å². The van der Waals surface area contributed by atoms with Gasteiger partial charge in [0.05, 0.1) is 24.8 Å². The lowest BCUT2D eigenvalue weighted by Gasteiger charge is -2.30. The maximum Gasteiger partial charge on any atom is 0.308 e. The Balaban J connectivity index is 1.58. The van der Waals surface area contributed by atoms with Crippen molar-refractivity contribution < 1.29 is 27.9 Å². The minimum absolute atomic E-state index is 0.0423. The molecule has 11 heteroatoms. The third kappa shape index (κ3) is 6.99. The Morgan fingerprint density at radius 2 is 2.05 bits per heavy atom. The van der Waals surface area contributed by atoms with Crippen molar-refractivity contribution in [1.29, 1.82) is 5.41 Å². The maximum absolute atomic E-state index is 13.5. The highest BCUT2D eigenvalue weighted by atomic mass is 32.2. The number of hydrogen-bond donors (Lipinski definition) is 2. The van der Waals surface area contributed by atoms with Crippen LogP contribution in [-0.2, 0) is 26.0 Å². The molecule has 3 heterocycles. The number of amides is 1. The number of unbranched alkanes of at least 4 members (excludes halogenated alkanes) is 2. The molecular weight excluding hydrogens is 520 g/mol. The molecule has 0 unspecified atom stereocenters. The molecule has 2 saturated heterocycles. The number of nitrogens with zero attached hydrogens (tertiary/aromatic N) is 3. The van der Waals surface area contributed by atoms with E-state index in [0.29, 0.717) is 58.5 Å². The molecule has 3 aliphatic rings. The molecule has 3 atom stereocenters. The summed E-state index contributed by atoms with van der Waals surface area (Å²) in [6.45, 7) is 5.12. The van der Waals surface area contributed by atoms with Gasteiger partial charge in [-0.25, -0.2) is 12.7 Å². The Morgan fingerprint density at radius 3 is 2.74 bits per heavy atom. The lowest BCUT2D eigenvalue weighted by molar-refractivity contribution is -0.143. The molecule has 0 bridgehead atoms. The third-order valence-electron chi connectivity index (χ3n) is 8.30. The molecule has 4 rings (SSSR count). The van der Waals surface area contributed by atoms with Gasteiger partial charge in [0.1, 0.15) is 5.75 Å². The van der Waals surface area contributed by atoms with Crippen molar-refractivity contribution in [2.24, 2.45) is 5.92 Å². The van der Waals surface area contributed by atoms with Crippen LogP contribution in [0.4, 0.5) is 0 Å². The fraction of sp³-hybridized carbons (Fsp3) is 0.679. The Morgan fingerprint density at radius 1 is 1.26 bits per heavy atom. The van der Waals surface area contributed by atoms with Crippen molar-refractivity contribution in [3.05, 3.63) is 29.3 Å². The number of likely N-dealkylation sites (tertiary alicyclic amines) is 1. The molecule has 216 valence electrons. The number of rotatable bonds is 14. The standard InChI is InChI=1S/C28H42N4O6S/c1-2-3-12-30(13-5-4-11-29)26(33)20-31-19-23(21-7-8-25-22(18-21)10-16-38-25)27(28(34)35)24(31)9-15-32-14-6-17-39(32,36)37/h7-8,11,18,23-24,27,29H,2-6,9-10,12-17,19-20H2,1H3,(H,34,35)/t23-,24+,27-/m1/s1. The van der Waals surface area contributed by atoms with Crippen molar-refractivity contribution in [1.82, 2.24) is 14.1 Å². The minimum atomic E-state index is -3.31. The molecular formula is C28H42N4O6S. The SMILES string of the molecule is CCCCN(CCCC=N)C(=O)CN1C[C@H](c2ccc3c(c2)CCO3)[C@@H](C(=O)O)[C@@H]1CCN1CCCS1(=O)=O. The van der Waals surface area contributed by atoms with E-state index < -0.39 is 28.0 Å². The van der Waals surface area contributed by atoms with Crippen molar-refractivity contribution >= 4 is 28.1 Å². The summed E-state index contributed by atoms with van der Waals surface area (Å²) in [5, 5.41) is 17.7. The fourth-order valence-corrected chi connectivity index (χ4v) is 7.76. The van der Waals surface area contributed by atoms with Crippen LogP contribution >= 0.6 is 0 Å². The molecule has 0 saturated carbocycles. The summed E-state index contributed by atoms with van der Waals surface area (Å²) in [5.41, 5.74) is 2.00. The van der Waals surface area contributed by atoms with Gasteiger partial charge in [-0.15, -0.1) is 0 Å². The van der Waals surface area contributed by atoms with Crippen LogP contribution in [-0.4, -0.2) is 103 Å². The van der Waals surface area contributed by atoms with E-state index in [4.69, 9.17) is 10.1 Å². The number of carbonyl (C=O) groups is 2. The van der Waals surface area contributed by atoms with Gasteiger partial charge in [-0.3, -0.25) is 14.5 Å². The largest absolute Gasteiger partial charge is 0.493 e. The first kappa shape index (κ1) is 29.5. The van der Waals surface area contributed by atoms with Crippen LogP contribution < -0.4 is 4.74 Å². The van der Waals surface area contributed by atoms with Gasteiger partial charge in [0.15, 0.2) is 0 Å². The van der Waals surface area contributed by atoms with E-state index in [9.17, 15) is 23.1 Å². The van der Waals surface area contributed by atoms with Gasteiger partial charge < -0.3 is 20.2 Å². The highest BCUT2D eigenvalue weighted by molar-refractivity contribution is 7.89. The van der Waals surface area contributed by atoms with Crippen LogP contribution in [0.3, 0.4) is 0 Å². The van der Waals surface area contributed by atoms with Crippen LogP contribution in [0.15, 0.2) is 18.2 Å². The summed E-state index contributed by atoms with van der Waals surface area (Å²) in [6, 6.07) is 5.42. The normalized spacial score (nSPS) is 24.4. The summed E-state index contributed by atoms with van der Waals surface area (Å²) < 4.78 is 32.0. The van der Waals surface area contributed by atoms with Gasteiger partial charge in [0.2, 0.25) is 15.9 Å². The second-order valence-corrected chi connectivity index (χ2v) is 13.0. The van der Waals surface area contributed by atoms with Gasteiger partial charge in [0, 0.05) is 51.1 Å². The number of benzene rings is 1. The molecule has 3 aliphatic heterocycles. The molecule has 39 heavy (non-hydrogen) atoms. The topological polar surface area (TPSA) is 131 Å². The highest BCUT2D eigenvalue weighted by Crippen LogP contribution is 2.41. The smallest absolute Gasteiger partial charge is 0.308 e. The lowest BCUT2D eigenvalue weighted by atomic mass is 9.83. The number of nitrogens with one attached hydrogen (secondary N) is 1. The van der Waals surface area contributed by atoms with E-state index in [1.807, 2.05) is 28.0 Å². The van der Waals surface area contributed by atoms with Crippen LogP contribution in [0.1, 0.15) is 62.5 Å². The van der Waals surface area contributed by atoms with Gasteiger partial charge in [0.25, 0.3) is 0 Å². The van der Waals surface area contributed by atoms with E-state index >= 15 is 0 Å². The van der Waals surface area contributed by atoms with Crippen molar-refractivity contribution in [2.75, 3.05) is 51.6 Å². The Bertz CT molecular complexity index is 1140. The molecule has 10 nitrogen and oxygen atoms in total. The summed E-state index contributed by atoms with van der Waals surface area (Å²) >= 11 is 0. The highest BCUT2D eigenvalue weighted by Gasteiger charge is 2.47. The number of carboxylic acids is 1. The van der Waals surface area contributed by atoms with Crippen LogP contribution in [0, 0.1) is 11.3 Å². The molecule has 1 amide bonds. The Hall–Kier alpha value is -2.50. The zero-order chi connectivity index (χ0) is 28.0. The lowest BCUT2D eigenvalue weighted by Crippen LogP contribution is -2.45. The number of ether oxygens (including phenoxy) is 1. The van der Waals surface area contributed by atoms with Crippen molar-refractivity contribution in [3.8, 4) is 5.75 Å². The molecule has 1 aromatic carbocycles.